The highest BCUT2D eigenvalue weighted by Gasteiger charge is 2.15. The largest absolute Gasteiger partial charge is 0.479 e. The van der Waals surface area contributed by atoms with Crippen molar-refractivity contribution in [1.82, 2.24) is 19.9 Å². The van der Waals surface area contributed by atoms with Crippen LogP contribution in [-0.2, 0) is 0 Å². The fourth-order valence-corrected chi connectivity index (χ4v) is 3.20. The molecule has 0 atom stereocenters. The van der Waals surface area contributed by atoms with Crippen molar-refractivity contribution in [2.24, 2.45) is 0 Å². The van der Waals surface area contributed by atoms with Gasteiger partial charge in [-0.3, -0.25) is 0 Å². The third-order valence-corrected chi connectivity index (χ3v) is 4.47. The zero-order chi connectivity index (χ0) is 17.9. The summed E-state index contributed by atoms with van der Waals surface area (Å²) in [7, 11) is 1.58. The monoisotopic (exact) mass is 367 g/mol. The van der Waals surface area contributed by atoms with E-state index in [-0.39, 0.29) is 0 Å². The average Bonchev–Trinajstić information content (AvgIpc) is 3.20. The van der Waals surface area contributed by atoms with Crippen LogP contribution in [-0.4, -0.2) is 40.1 Å². The number of halogens is 1. The van der Waals surface area contributed by atoms with Crippen LogP contribution < -0.4 is 9.64 Å². The van der Waals surface area contributed by atoms with E-state index < -0.39 is 0 Å². The van der Waals surface area contributed by atoms with Crippen molar-refractivity contribution >= 4 is 40.6 Å². The van der Waals surface area contributed by atoms with Crippen LogP contribution in [0, 0.1) is 0 Å². The molecule has 3 aromatic rings. The molecule has 26 heavy (non-hydrogen) atoms. The second-order valence-electron chi connectivity index (χ2n) is 6.04. The number of hydrogen-bond acceptors (Lipinski definition) is 6. The minimum absolute atomic E-state index is 0.429. The highest BCUT2D eigenvalue weighted by Crippen LogP contribution is 2.23. The Hall–Kier alpha value is -2.73. The lowest BCUT2D eigenvalue weighted by atomic mass is 10.2. The van der Waals surface area contributed by atoms with Gasteiger partial charge in [-0.2, -0.15) is 0 Å². The fraction of sp³-hybridized carbons (Fsp3) is 0.263. The van der Waals surface area contributed by atoms with Crippen LogP contribution in [0.25, 0.3) is 23.2 Å². The summed E-state index contributed by atoms with van der Waals surface area (Å²) in [6, 6.07) is 9.48. The van der Waals surface area contributed by atoms with Gasteiger partial charge >= 0.3 is 0 Å². The molecule has 1 saturated heterocycles. The number of methoxy groups -OCH3 is 1. The van der Waals surface area contributed by atoms with E-state index in [0.717, 1.165) is 29.9 Å². The normalized spacial score (nSPS) is 14.5. The first-order chi connectivity index (χ1) is 12.7. The van der Waals surface area contributed by atoms with Gasteiger partial charge in [0.1, 0.15) is 16.7 Å². The lowest BCUT2D eigenvalue weighted by Crippen LogP contribution is -2.19. The molecule has 4 rings (SSSR count). The Kier molecular flexibility index (Phi) is 4.67. The molecule has 3 heterocycles. The SMILES string of the molecule is COc1nc2ccccc2nc1/C=C/c1nc(Cl)cc(N2CCCC2)n1. The predicted molar refractivity (Wildman–Crippen MR) is 104 cm³/mol. The van der Waals surface area contributed by atoms with Gasteiger partial charge in [0, 0.05) is 19.2 Å². The van der Waals surface area contributed by atoms with Gasteiger partial charge in [0.15, 0.2) is 5.82 Å². The molecular weight excluding hydrogens is 350 g/mol. The maximum Gasteiger partial charge on any atom is 0.240 e. The molecule has 0 radical (unpaired) electrons. The molecule has 0 N–H and O–H groups in total. The maximum atomic E-state index is 6.18. The van der Waals surface area contributed by atoms with Crippen molar-refractivity contribution in [2.45, 2.75) is 12.8 Å². The Balaban J connectivity index is 1.68. The second kappa shape index (κ2) is 7.25. The number of ether oxygens (including phenoxy) is 1. The van der Waals surface area contributed by atoms with Crippen LogP contribution in [0.1, 0.15) is 24.4 Å². The van der Waals surface area contributed by atoms with E-state index in [4.69, 9.17) is 16.3 Å². The molecule has 0 bridgehead atoms. The molecule has 1 aliphatic heterocycles. The summed E-state index contributed by atoms with van der Waals surface area (Å²) < 4.78 is 5.37. The molecule has 2 aromatic heterocycles. The van der Waals surface area contributed by atoms with Gasteiger partial charge in [-0.05, 0) is 37.1 Å². The summed E-state index contributed by atoms with van der Waals surface area (Å²) in [4.78, 5) is 20.2. The number of hydrogen-bond donors (Lipinski definition) is 0. The van der Waals surface area contributed by atoms with Crippen molar-refractivity contribution in [3.63, 3.8) is 0 Å². The molecule has 132 valence electrons. The van der Waals surface area contributed by atoms with Gasteiger partial charge in [0.2, 0.25) is 5.88 Å². The van der Waals surface area contributed by atoms with Gasteiger partial charge in [-0.1, -0.05) is 23.7 Å². The van der Waals surface area contributed by atoms with Crippen LogP contribution in [0.3, 0.4) is 0 Å². The van der Waals surface area contributed by atoms with Crippen molar-refractivity contribution in [2.75, 3.05) is 25.1 Å². The molecule has 0 aliphatic carbocycles. The maximum absolute atomic E-state index is 6.18. The molecule has 0 unspecified atom stereocenters. The molecule has 7 heteroatoms. The number of fused-ring (bicyclic) bond motifs is 1. The minimum Gasteiger partial charge on any atom is -0.479 e. The zero-order valence-electron chi connectivity index (χ0n) is 14.4. The summed E-state index contributed by atoms with van der Waals surface area (Å²) in [5.74, 6) is 1.86. The number of rotatable bonds is 4. The van der Waals surface area contributed by atoms with E-state index in [2.05, 4.69) is 24.8 Å². The Morgan fingerprint density at radius 1 is 1.00 bits per heavy atom. The molecule has 0 amide bonds. The van der Waals surface area contributed by atoms with Crippen LogP contribution in [0.4, 0.5) is 5.82 Å². The number of nitrogens with zero attached hydrogens (tertiary/aromatic N) is 5. The van der Waals surface area contributed by atoms with Gasteiger partial charge in [-0.25, -0.2) is 19.9 Å². The van der Waals surface area contributed by atoms with E-state index in [1.807, 2.05) is 24.3 Å². The molecule has 0 spiro atoms. The Labute approximate surface area is 156 Å². The summed E-state index contributed by atoms with van der Waals surface area (Å²) in [5, 5.41) is 0.429. The predicted octanol–water partition coefficient (Wildman–Crippen LogP) is 3.85. The van der Waals surface area contributed by atoms with Crippen LogP contribution in [0.2, 0.25) is 5.15 Å². The van der Waals surface area contributed by atoms with Crippen molar-refractivity contribution in [3.05, 3.63) is 47.0 Å². The topological polar surface area (TPSA) is 64.0 Å². The lowest BCUT2D eigenvalue weighted by molar-refractivity contribution is 0.396. The number of aromatic nitrogens is 4. The molecular formula is C19H18ClN5O. The first kappa shape index (κ1) is 16.7. The Morgan fingerprint density at radius 3 is 2.46 bits per heavy atom. The highest BCUT2D eigenvalue weighted by atomic mass is 35.5. The molecule has 1 fully saturated rings. The number of anilines is 1. The van der Waals surface area contributed by atoms with E-state index in [1.54, 1.807) is 25.3 Å². The lowest BCUT2D eigenvalue weighted by Gasteiger charge is -2.16. The summed E-state index contributed by atoms with van der Waals surface area (Å²) in [6.07, 6.45) is 5.94. The average molecular weight is 368 g/mol. The van der Waals surface area contributed by atoms with Gasteiger partial charge in [0.25, 0.3) is 0 Å². The quantitative estimate of drug-likeness (QED) is 0.652. The Bertz CT molecular complexity index is 969. The summed E-state index contributed by atoms with van der Waals surface area (Å²) in [5.41, 5.74) is 2.21. The van der Waals surface area contributed by atoms with Gasteiger partial charge < -0.3 is 9.64 Å². The first-order valence-electron chi connectivity index (χ1n) is 8.51. The smallest absolute Gasteiger partial charge is 0.240 e. The van der Waals surface area contributed by atoms with E-state index in [1.165, 1.54) is 12.8 Å². The van der Waals surface area contributed by atoms with E-state index in [9.17, 15) is 0 Å². The molecule has 0 saturated carbocycles. The molecule has 1 aliphatic rings. The van der Waals surface area contributed by atoms with Crippen LogP contribution in [0.5, 0.6) is 5.88 Å². The van der Waals surface area contributed by atoms with Gasteiger partial charge in [-0.15, -0.1) is 0 Å². The van der Waals surface area contributed by atoms with Crippen LogP contribution in [0.15, 0.2) is 30.3 Å². The van der Waals surface area contributed by atoms with Crippen molar-refractivity contribution in [1.29, 1.82) is 0 Å². The first-order valence-corrected chi connectivity index (χ1v) is 8.89. The minimum atomic E-state index is 0.429. The van der Waals surface area contributed by atoms with Gasteiger partial charge in [0.05, 0.1) is 18.1 Å². The van der Waals surface area contributed by atoms with Crippen LogP contribution >= 0.6 is 11.6 Å². The summed E-state index contributed by atoms with van der Waals surface area (Å²) in [6.45, 7) is 2.00. The second-order valence-corrected chi connectivity index (χ2v) is 6.43. The fourth-order valence-electron chi connectivity index (χ4n) is 3.02. The van der Waals surface area contributed by atoms with Crippen molar-refractivity contribution < 1.29 is 4.74 Å². The molecule has 6 nitrogen and oxygen atoms in total. The standard InChI is InChI=1S/C19H18ClN5O/c1-26-19-15(21-13-6-2-3-7-14(13)22-19)8-9-17-23-16(20)12-18(24-17)25-10-4-5-11-25/h2-3,6-9,12H,4-5,10-11H2,1H3/b9-8+. The molecule has 1 aromatic carbocycles. The van der Waals surface area contributed by atoms with Crippen molar-refractivity contribution in [3.8, 4) is 5.88 Å². The highest BCUT2D eigenvalue weighted by molar-refractivity contribution is 6.29. The third kappa shape index (κ3) is 3.46. The van der Waals surface area contributed by atoms with E-state index >= 15 is 0 Å². The zero-order valence-corrected chi connectivity index (χ0v) is 15.1. The third-order valence-electron chi connectivity index (χ3n) is 4.28. The summed E-state index contributed by atoms with van der Waals surface area (Å²) >= 11 is 6.18. The van der Waals surface area contributed by atoms with E-state index in [0.29, 0.717) is 22.6 Å². The number of benzene rings is 1. The number of para-hydroxylation sites is 2. The Morgan fingerprint density at radius 2 is 1.73 bits per heavy atom.